The number of primary amides is 1. The van der Waals surface area contributed by atoms with Crippen molar-refractivity contribution in [3.63, 3.8) is 0 Å². The fourth-order valence-electron chi connectivity index (χ4n) is 2.95. The molecule has 0 aliphatic rings. The summed E-state index contributed by atoms with van der Waals surface area (Å²) >= 11 is 0. The van der Waals surface area contributed by atoms with Crippen LogP contribution in [0.2, 0.25) is 0 Å². The van der Waals surface area contributed by atoms with Crippen molar-refractivity contribution < 1.29 is 24.2 Å². The molecule has 31 heavy (non-hydrogen) atoms. The van der Waals surface area contributed by atoms with Crippen LogP contribution in [0.1, 0.15) is 31.4 Å². The van der Waals surface area contributed by atoms with Crippen LogP contribution in [0.25, 0.3) is 0 Å². The largest absolute Gasteiger partial charge is 0.508 e. The highest BCUT2D eigenvalue weighted by molar-refractivity contribution is 5.91. The van der Waals surface area contributed by atoms with Crippen LogP contribution in [0.5, 0.6) is 5.75 Å². The van der Waals surface area contributed by atoms with E-state index in [1.807, 2.05) is 44.2 Å². The molecule has 0 aliphatic heterocycles. The fraction of sp³-hybridized carbons (Fsp3) is 0.348. The number of carbonyl (C=O) groups excluding carboxylic acids is 3. The third-order valence-corrected chi connectivity index (χ3v) is 5.02. The van der Waals surface area contributed by atoms with E-state index < -0.39 is 30.0 Å². The number of carbonyl (C=O) groups is 3. The van der Waals surface area contributed by atoms with Crippen LogP contribution in [0, 0.1) is 5.92 Å². The summed E-state index contributed by atoms with van der Waals surface area (Å²) in [6, 6.07) is 13.6. The summed E-state index contributed by atoms with van der Waals surface area (Å²) in [7, 11) is 0. The summed E-state index contributed by atoms with van der Waals surface area (Å²) in [6.07, 6.45) is 0.0574. The standard InChI is InChI=1S/C23H29N3O5/c1-3-15(2)20(26-23(30)31-14-17-7-5-4-6-8-17)22(29)25-19(21(24)28)13-16-9-11-18(27)12-10-16/h4-12,15,19-20,27H,3,13-14H2,1-2H3,(H2,24,28)(H,25,29)(H,26,30). The number of phenolic OH excluding ortho intramolecular Hbond substituents is 1. The van der Waals surface area contributed by atoms with E-state index in [1.165, 1.54) is 12.1 Å². The molecule has 0 aromatic heterocycles. The zero-order valence-electron chi connectivity index (χ0n) is 17.7. The second-order valence-electron chi connectivity index (χ2n) is 7.40. The summed E-state index contributed by atoms with van der Waals surface area (Å²) in [5.41, 5.74) is 7.01. The van der Waals surface area contributed by atoms with E-state index >= 15 is 0 Å². The Labute approximate surface area is 181 Å². The lowest BCUT2D eigenvalue weighted by molar-refractivity contribution is -0.129. The highest BCUT2D eigenvalue weighted by atomic mass is 16.5. The summed E-state index contributed by atoms with van der Waals surface area (Å²) < 4.78 is 5.22. The molecular formula is C23H29N3O5. The highest BCUT2D eigenvalue weighted by Gasteiger charge is 2.29. The Morgan fingerprint density at radius 1 is 1.00 bits per heavy atom. The predicted octanol–water partition coefficient (Wildman–Crippen LogP) is 2.25. The van der Waals surface area contributed by atoms with Crippen LogP contribution in [-0.2, 0) is 27.4 Å². The van der Waals surface area contributed by atoms with E-state index in [0.29, 0.717) is 6.42 Å². The Bertz CT molecular complexity index is 871. The van der Waals surface area contributed by atoms with Crippen molar-refractivity contribution in [1.82, 2.24) is 10.6 Å². The van der Waals surface area contributed by atoms with Crippen LogP contribution in [0.15, 0.2) is 54.6 Å². The van der Waals surface area contributed by atoms with Gasteiger partial charge >= 0.3 is 6.09 Å². The van der Waals surface area contributed by atoms with E-state index in [0.717, 1.165) is 11.1 Å². The van der Waals surface area contributed by atoms with Crippen LogP contribution < -0.4 is 16.4 Å². The molecule has 8 heteroatoms. The van der Waals surface area contributed by atoms with Crippen molar-refractivity contribution in [3.05, 3.63) is 65.7 Å². The van der Waals surface area contributed by atoms with Crippen molar-refractivity contribution in [3.8, 4) is 5.75 Å². The molecule has 166 valence electrons. The molecule has 3 amide bonds. The molecule has 5 N–H and O–H groups in total. The molecule has 2 rings (SSSR count). The van der Waals surface area contributed by atoms with Crippen molar-refractivity contribution in [2.45, 2.75) is 45.4 Å². The van der Waals surface area contributed by atoms with Crippen molar-refractivity contribution >= 4 is 17.9 Å². The first-order chi connectivity index (χ1) is 14.8. The topological polar surface area (TPSA) is 131 Å². The second-order valence-corrected chi connectivity index (χ2v) is 7.40. The van der Waals surface area contributed by atoms with Crippen LogP contribution >= 0.6 is 0 Å². The minimum atomic E-state index is -0.967. The molecule has 0 aliphatic carbocycles. The Morgan fingerprint density at radius 3 is 2.23 bits per heavy atom. The lowest BCUT2D eigenvalue weighted by atomic mass is 9.97. The van der Waals surface area contributed by atoms with E-state index in [2.05, 4.69) is 10.6 Å². The van der Waals surface area contributed by atoms with Gasteiger partial charge in [0.05, 0.1) is 0 Å². The van der Waals surface area contributed by atoms with Gasteiger partial charge < -0.3 is 26.2 Å². The van der Waals surface area contributed by atoms with Gasteiger partial charge in [0.15, 0.2) is 0 Å². The molecule has 3 unspecified atom stereocenters. The van der Waals surface area contributed by atoms with Crippen molar-refractivity contribution in [2.75, 3.05) is 0 Å². The number of amides is 3. The van der Waals surface area contributed by atoms with Gasteiger partial charge in [-0.05, 0) is 29.2 Å². The summed E-state index contributed by atoms with van der Waals surface area (Å²) in [4.78, 5) is 37.0. The number of phenols is 1. The van der Waals surface area contributed by atoms with Gasteiger partial charge in [-0.15, -0.1) is 0 Å². The van der Waals surface area contributed by atoms with Gasteiger partial charge in [0.1, 0.15) is 24.4 Å². The maximum absolute atomic E-state index is 12.9. The third-order valence-electron chi connectivity index (χ3n) is 5.02. The van der Waals surface area contributed by atoms with Crippen LogP contribution in [-0.4, -0.2) is 35.1 Å². The minimum absolute atomic E-state index is 0.0757. The quantitative estimate of drug-likeness (QED) is 0.462. The van der Waals surface area contributed by atoms with Crippen LogP contribution in [0.3, 0.4) is 0 Å². The Kier molecular flexibility index (Phi) is 8.87. The second kappa shape index (κ2) is 11.6. The van der Waals surface area contributed by atoms with Gasteiger partial charge in [-0.1, -0.05) is 62.7 Å². The maximum Gasteiger partial charge on any atom is 0.408 e. The van der Waals surface area contributed by atoms with E-state index in [-0.39, 0.29) is 24.7 Å². The molecule has 0 fully saturated rings. The van der Waals surface area contributed by atoms with Gasteiger partial charge in [-0.2, -0.15) is 0 Å². The third kappa shape index (κ3) is 7.65. The van der Waals surface area contributed by atoms with Gasteiger partial charge in [0.25, 0.3) is 0 Å². The number of nitrogens with one attached hydrogen (secondary N) is 2. The normalized spacial score (nSPS) is 13.5. The molecule has 8 nitrogen and oxygen atoms in total. The maximum atomic E-state index is 12.9. The average molecular weight is 428 g/mol. The summed E-state index contributed by atoms with van der Waals surface area (Å²) in [5.74, 6) is -1.32. The monoisotopic (exact) mass is 427 g/mol. The molecule has 0 saturated carbocycles. The van der Waals surface area contributed by atoms with Gasteiger partial charge in [-0.25, -0.2) is 4.79 Å². The molecule has 2 aromatic rings. The molecule has 0 bridgehead atoms. The number of rotatable bonds is 10. The highest BCUT2D eigenvalue weighted by Crippen LogP contribution is 2.13. The smallest absolute Gasteiger partial charge is 0.408 e. The zero-order chi connectivity index (χ0) is 22.8. The molecule has 0 saturated heterocycles. The van der Waals surface area contributed by atoms with Crippen molar-refractivity contribution in [1.29, 1.82) is 0 Å². The molecule has 0 radical (unpaired) electrons. The number of alkyl carbamates (subject to hydrolysis) is 1. The Hall–Kier alpha value is -3.55. The fourth-order valence-corrected chi connectivity index (χ4v) is 2.95. The predicted molar refractivity (Wildman–Crippen MR) is 116 cm³/mol. The number of nitrogens with two attached hydrogens (primary N) is 1. The zero-order valence-corrected chi connectivity index (χ0v) is 17.7. The molecule has 0 spiro atoms. The van der Waals surface area contributed by atoms with Gasteiger partial charge in [-0.3, -0.25) is 9.59 Å². The number of ether oxygens (including phenoxy) is 1. The van der Waals surface area contributed by atoms with Gasteiger partial charge in [0.2, 0.25) is 11.8 Å². The summed E-state index contributed by atoms with van der Waals surface area (Å²) in [5, 5.41) is 14.6. The van der Waals surface area contributed by atoms with E-state index in [4.69, 9.17) is 10.5 Å². The number of hydrogen-bond donors (Lipinski definition) is 4. The molecule has 3 atom stereocenters. The first-order valence-corrected chi connectivity index (χ1v) is 10.1. The Morgan fingerprint density at radius 2 is 1.65 bits per heavy atom. The minimum Gasteiger partial charge on any atom is -0.508 e. The van der Waals surface area contributed by atoms with E-state index in [9.17, 15) is 19.5 Å². The lowest BCUT2D eigenvalue weighted by Crippen LogP contribution is -2.55. The molecular weight excluding hydrogens is 398 g/mol. The molecule has 0 heterocycles. The number of benzene rings is 2. The molecule has 2 aromatic carbocycles. The van der Waals surface area contributed by atoms with Crippen molar-refractivity contribution in [2.24, 2.45) is 11.7 Å². The van der Waals surface area contributed by atoms with Gasteiger partial charge in [0, 0.05) is 6.42 Å². The van der Waals surface area contributed by atoms with Crippen LogP contribution in [0.4, 0.5) is 4.79 Å². The summed E-state index contributed by atoms with van der Waals surface area (Å²) in [6.45, 7) is 3.79. The first kappa shape index (κ1) is 23.7. The SMILES string of the molecule is CCC(C)C(NC(=O)OCc1ccccc1)C(=O)NC(Cc1ccc(O)cc1)C(N)=O. The number of hydrogen-bond acceptors (Lipinski definition) is 5. The number of aromatic hydroxyl groups is 1. The Balaban J connectivity index is 2.01. The first-order valence-electron chi connectivity index (χ1n) is 10.1. The van der Waals surface area contributed by atoms with E-state index in [1.54, 1.807) is 12.1 Å². The average Bonchev–Trinajstić information content (AvgIpc) is 2.77. The lowest BCUT2D eigenvalue weighted by Gasteiger charge is -2.25.